The molecule has 2 aromatic heterocycles. The number of anilines is 2. The first kappa shape index (κ1) is 15.3. The largest absolute Gasteiger partial charge is 0.486 e. The number of rotatable bonds is 4. The molecule has 7 heteroatoms. The SMILES string of the molecule is Cc1csc2ncnc(Nc3ccc(F)cc3O[C@@H]3CCOC3)c12. The van der Waals surface area contributed by atoms with Crippen molar-refractivity contribution in [3.05, 3.63) is 41.3 Å². The van der Waals surface area contributed by atoms with Crippen LogP contribution in [0, 0.1) is 12.7 Å². The third-order valence-electron chi connectivity index (χ3n) is 3.93. The van der Waals surface area contributed by atoms with Crippen LogP contribution < -0.4 is 10.1 Å². The topological polar surface area (TPSA) is 56.3 Å². The maximum Gasteiger partial charge on any atom is 0.146 e. The van der Waals surface area contributed by atoms with Gasteiger partial charge in [-0.1, -0.05) is 0 Å². The Morgan fingerprint density at radius 1 is 1.38 bits per heavy atom. The zero-order chi connectivity index (χ0) is 16.5. The maximum atomic E-state index is 13.7. The van der Waals surface area contributed by atoms with Crippen LogP contribution in [0.3, 0.4) is 0 Å². The monoisotopic (exact) mass is 345 g/mol. The zero-order valence-corrected chi connectivity index (χ0v) is 13.9. The predicted molar refractivity (Wildman–Crippen MR) is 91.7 cm³/mol. The summed E-state index contributed by atoms with van der Waals surface area (Å²) in [5.74, 6) is 0.817. The van der Waals surface area contributed by atoms with Gasteiger partial charge in [0.1, 0.15) is 34.6 Å². The van der Waals surface area contributed by atoms with E-state index in [2.05, 4.69) is 15.3 Å². The van der Waals surface area contributed by atoms with Crippen LogP contribution in [-0.4, -0.2) is 29.3 Å². The van der Waals surface area contributed by atoms with Gasteiger partial charge >= 0.3 is 0 Å². The van der Waals surface area contributed by atoms with Crippen molar-refractivity contribution in [3.8, 4) is 5.75 Å². The zero-order valence-electron chi connectivity index (χ0n) is 13.1. The number of benzene rings is 1. The smallest absolute Gasteiger partial charge is 0.146 e. The molecule has 0 amide bonds. The average molecular weight is 345 g/mol. The van der Waals surface area contributed by atoms with Crippen LogP contribution >= 0.6 is 11.3 Å². The Bertz CT molecular complexity index is 877. The minimum absolute atomic E-state index is 0.0550. The molecule has 1 aliphatic heterocycles. The fourth-order valence-corrected chi connectivity index (χ4v) is 3.61. The molecule has 24 heavy (non-hydrogen) atoms. The van der Waals surface area contributed by atoms with Gasteiger partial charge in [0.2, 0.25) is 0 Å². The first-order valence-electron chi connectivity index (χ1n) is 7.70. The summed E-state index contributed by atoms with van der Waals surface area (Å²) in [6.45, 7) is 3.21. The second kappa shape index (κ2) is 6.33. The molecule has 1 saturated heterocycles. The van der Waals surface area contributed by atoms with E-state index in [9.17, 15) is 4.39 Å². The standard InChI is InChI=1S/C17H16FN3O2S/c1-10-8-24-17-15(10)16(19-9-20-17)21-13-3-2-11(18)6-14(13)23-12-4-5-22-7-12/h2-3,6,8-9,12H,4-5,7H2,1H3,(H,19,20,21)/t12-/m1/s1. The van der Waals surface area contributed by atoms with Crippen LogP contribution in [0.2, 0.25) is 0 Å². The van der Waals surface area contributed by atoms with E-state index < -0.39 is 0 Å². The van der Waals surface area contributed by atoms with Crippen LogP contribution in [0.25, 0.3) is 10.2 Å². The number of aryl methyl sites for hydroxylation is 1. The molecule has 124 valence electrons. The third kappa shape index (κ3) is 2.92. The van der Waals surface area contributed by atoms with Gasteiger partial charge in [-0.05, 0) is 30.0 Å². The van der Waals surface area contributed by atoms with Gasteiger partial charge in [0.15, 0.2) is 0 Å². The van der Waals surface area contributed by atoms with Gasteiger partial charge in [-0.25, -0.2) is 14.4 Å². The van der Waals surface area contributed by atoms with E-state index in [1.54, 1.807) is 17.4 Å². The summed E-state index contributed by atoms with van der Waals surface area (Å²) < 4.78 is 24.9. The Morgan fingerprint density at radius 2 is 2.29 bits per heavy atom. The Labute approximate surface area is 142 Å². The van der Waals surface area contributed by atoms with Crippen LogP contribution in [0.4, 0.5) is 15.9 Å². The number of hydrogen-bond donors (Lipinski definition) is 1. The fraction of sp³-hybridized carbons (Fsp3) is 0.294. The number of hydrogen-bond acceptors (Lipinski definition) is 6. The van der Waals surface area contributed by atoms with Gasteiger partial charge in [-0.3, -0.25) is 0 Å². The molecule has 1 aliphatic rings. The number of nitrogens with one attached hydrogen (secondary N) is 1. The van der Waals surface area contributed by atoms with Crippen LogP contribution in [0.15, 0.2) is 29.9 Å². The molecule has 1 aromatic carbocycles. The summed E-state index contributed by atoms with van der Waals surface area (Å²) in [6, 6.07) is 4.45. The lowest BCUT2D eigenvalue weighted by molar-refractivity contribution is 0.141. The van der Waals surface area contributed by atoms with Crippen molar-refractivity contribution in [2.45, 2.75) is 19.4 Å². The predicted octanol–water partition coefficient (Wildman–Crippen LogP) is 4.05. The van der Waals surface area contributed by atoms with E-state index >= 15 is 0 Å². The van der Waals surface area contributed by atoms with Crippen molar-refractivity contribution in [3.63, 3.8) is 0 Å². The quantitative estimate of drug-likeness (QED) is 0.773. The number of thiophene rings is 1. The van der Waals surface area contributed by atoms with Crippen molar-refractivity contribution < 1.29 is 13.9 Å². The van der Waals surface area contributed by atoms with E-state index in [1.165, 1.54) is 18.5 Å². The molecule has 0 radical (unpaired) electrons. The molecule has 1 atom stereocenters. The number of halogens is 1. The second-order valence-electron chi connectivity index (χ2n) is 5.69. The molecule has 3 aromatic rings. The number of ether oxygens (including phenoxy) is 2. The van der Waals surface area contributed by atoms with Crippen molar-refractivity contribution in [1.29, 1.82) is 0 Å². The lowest BCUT2D eigenvalue weighted by atomic mass is 10.2. The van der Waals surface area contributed by atoms with Crippen molar-refractivity contribution in [1.82, 2.24) is 9.97 Å². The summed E-state index contributed by atoms with van der Waals surface area (Å²) in [4.78, 5) is 9.54. The molecule has 1 N–H and O–H groups in total. The van der Waals surface area contributed by atoms with Crippen LogP contribution in [-0.2, 0) is 4.74 Å². The molecule has 1 fully saturated rings. The highest BCUT2D eigenvalue weighted by Crippen LogP contribution is 2.34. The maximum absolute atomic E-state index is 13.7. The van der Waals surface area contributed by atoms with E-state index in [1.807, 2.05) is 12.3 Å². The first-order valence-corrected chi connectivity index (χ1v) is 8.58. The highest BCUT2D eigenvalue weighted by Gasteiger charge is 2.20. The lowest BCUT2D eigenvalue weighted by Crippen LogP contribution is -2.16. The number of aromatic nitrogens is 2. The molecule has 5 nitrogen and oxygen atoms in total. The Morgan fingerprint density at radius 3 is 3.12 bits per heavy atom. The van der Waals surface area contributed by atoms with Crippen LogP contribution in [0.1, 0.15) is 12.0 Å². The van der Waals surface area contributed by atoms with Gasteiger partial charge in [-0.15, -0.1) is 11.3 Å². The van der Waals surface area contributed by atoms with Gasteiger partial charge < -0.3 is 14.8 Å². The minimum atomic E-state index is -0.339. The molecule has 0 aliphatic carbocycles. The number of fused-ring (bicyclic) bond motifs is 1. The Hall–Kier alpha value is -2.25. The molecule has 0 bridgehead atoms. The Kier molecular flexibility index (Phi) is 4.03. The lowest BCUT2D eigenvalue weighted by Gasteiger charge is -2.17. The van der Waals surface area contributed by atoms with Gasteiger partial charge in [0, 0.05) is 12.5 Å². The summed E-state index contributed by atoms with van der Waals surface area (Å²) in [7, 11) is 0. The number of nitrogens with zero attached hydrogens (tertiary/aromatic N) is 2. The molecule has 0 unspecified atom stereocenters. The normalized spacial score (nSPS) is 17.3. The summed E-state index contributed by atoms with van der Waals surface area (Å²) >= 11 is 1.57. The summed E-state index contributed by atoms with van der Waals surface area (Å²) in [5, 5.41) is 6.28. The van der Waals surface area contributed by atoms with E-state index in [0.29, 0.717) is 30.5 Å². The molecule has 0 saturated carbocycles. The highest BCUT2D eigenvalue weighted by molar-refractivity contribution is 7.17. The van der Waals surface area contributed by atoms with E-state index in [4.69, 9.17) is 9.47 Å². The summed E-state index contributed by atoms with van der Waals surface area (Å²) in [6.07, 6.45) is 2.27. The van der Waals surface area contributed by atoms with Crippen LogP contribution in [0.5, 0.6) is 5.75 Å². The molecule has 4 rings (SSSR count). The third-order valence-corrected chi connectivity index (χ3v) is 4.94. The minimum Gasteiger partial charge on any atom is -0.486 e. The molecular formula is C17H16FN3O2S. The first-order chi connectivity index (χ1) is 11.7. The highest BCUT2D eigenvalue weighted by atomic mass is 32.1. The molecular weight excluding hydrogens is 329 g/mol. The summed E-state index contributed by atoms with van der Waals surface area (Å²) in [5.41, 5.74) is 1.78. The Balaban J connectivity index is 1.69. The van der Waals surface area contributed by atoms with Crippen molar-refractivity contribution in [2.75, 3.05) is 18.5 Å². The fourth-order valence-electron chi connectivity index (χ4n) is 2.72. The second-order valence-corrected chi connectivity index (χ2v) is 6.55. The van der Waals surface area contributed by atoms with Gasteiger partial charge in [-0.2, -0.15) is 0 Å². The van der Waals surface area contributed by atoms with E-state index in [-0.39, 0.29) is 11.9 Å². The van der Waals surface area contributed by atoms with Gasteiger partial charge in [0.25, 0.3) is 0 Å². The van der Waals surface area contributed by atoms with Crippen molar-refractivity contribution in [2.24, 2.45) is 0 Å². The molecule has 0 spiro atoms. The van der Waals surface area contributed by atoms with E-state index in [0.717, 1.165) is 22.2 Å². The van der Waals surface area contributed by atoms with Gasteiger partial charge in [0.05, 0.1) is 24.3 Å². The average Bonchev–Trinajstić information content (AvgIpc) is 3.21. The molecule has 3 heterocycles. The van der Waals surface area contributed by atoms with Crippen molar-refractivity contribution >= 4 is 33.1 Å².